The highest BCUT2D eigenvalue weighted by Gasteiger charge is 2.29. The number of nitrogens with two attached hydrogens (primary N) is 1. The van der Waals surface area contributed by atoms with E-state index in [9.17, 15) is 9.59 Å². The summed E-state index contributed by atoms with van der Waals surface area (Å²) in [4.78, 5) is 25.0. The summed E-state index contributed by atoms with van der Waals surface area (Å²) >= 11 is 0. The monoisotopic (exact) mass is 263 g/mol. The molecule has 1 aliphatic heterocycles. The first-order valence-electron chi connectivity index (χ1n) is 6.14. The predicted molar refractivity (Wildman–Crippen MR) is 70.5 cm³/mol. The predicted octanol–water partition coefficient (Wildman–Crippen LogP) is -0.00550. The Kier molecular flexibility index (Phi) is 3.89. The van der Waals surface area contributed by atoms with Gasteiger partial charge in [-0.3, -0.25) is 9.59 Å². The SMILES string of the molecule is CC1C(=O)NCCN1C(=O)COc1ccccc1N. The minimum absolute atomic E-state index is 0.119. The van der Waals surface area contributed by atoms with Crippen molar-refractivity contribution in [2.75, 3.05) is 25.4 Å². The second-order valence-electron chi connectivity index (χ2n) is 4.38. The summed E-state index contributed by atoms with van der Waals surface area (Å²) in [5.41, 5.74) is 6.21. The molecular weight excluding hydrogens is 246 g/mol. The average Bonchev–Trinajstić information content (AvgIpc) is 2.40. The van der Waals surface area contributed by atoms with Gasteiger partial charge in [-0.1, -0.05) is 12.1 Å². The summed E-state index contributed by atoms with van der Waals surface area (Å²) in [5, 5.41) is 2.71. The molecule has 1 aliphatic rings. The minimum Gasteiger partial charge on any atom is -0.482 e. The third-order valence-electron chi connectivity index (χ3n) is 3.09. The van der Waals surface area contributed by atoms with E-state index >= 15 is 0 Å². The highest BCUT2D eigenvalue weighted by atomic mass is 16.5. The van der Waals surface area contributed by atoms with E-state index in [1.807, 2.05) is 0 Å². The molecule has 2 rings (SSSR count). The Morgan fingerprint density at radius 3 is 3.00 bits per heavy atom. The van der Waals surface area contributed by atoms with Gasteiger partial charge in [0.15, 0.2) is 6.61 Å². The second-order valence-corrected chi connectivity index (χ2v) is 4.38. The summed E-state index contributed by atoms with van der Waals surface area (Å²) in [6.07, 6.45) is 0. The van der Waals surface area contributed by atoms with E-state index in [4.69, 9.17) is 10.5 Å². The van der Waals surface area contributed by atoms with Crippen LogP contribution in [0.3, 0.4) is 0 Å². The molecule has 19 heavy (non-hydrogen) atoms. The molecule has 6 nitrogen and oxygen atoms in total. The maximum atomic E-state index is 12.0. The zero-order chi connectivity index (χ0) is 13.8. The number of carbonyl (C=O) groups excluding carboxylic acids is 2. The number of ether oxygens (including phenoxy) is 1. The highest BCUT2D eigenvalue weighted by Crippen LogP contribution is 2.19. The molecule has 0 spiro atoms. The summed E-state index contributed by atoms with van der Waals surface area (Å²) in [6, 6.07) is 6.53. The van der Waals surface area contributed by atoms with Crippen molar-refractivity contribution in [2.24, 2.45) is 0 Å². The van der Waals surface area contributed by atoms with Gasteiger partial charge in [-0.25, -0.2) is 0 Å². The summed E-state index contributed by atoms with van der Waals surface area (Å²) < 4.78 is 5.39. The van der Waals surface area contributed by atoms with Crippen LogP contribution in [0.2, 0.25) is 0 Å². The van der Waals surface area contributed by atoms with Crippen LogP contribution in [0.4, 0.5) is 5.69 Å². The highest BCUT2D eigenvalue weighted by molar-refractivity contribution is 5.89. The molecular formula is C13H17N3O3. The molecule has 1 unspecified atom stereocenters. The van der Waals surface area contributed by atoms with Crippen molar-refractivity contribution in [1.82, 2.24) is 10.2 Å². The molecule has 1 atom stereocenters. The smallest absolute Gasteiger partial charge is 0.261 e. The van der Waals surface area contributed by atoms with E-state index in [0.717, 1.165) is 0 Å². The van der Waals surface area contributed by atoms with Crippen molar-refractivity contribution in [3.8, 4) is 5.75 Å². The van der Waals surface area contributed by atoms with E-state index in [0.29, 0.717) is 24.5 Å². The fourth-order valence-electron chi connectivity index (χ4n) is 1.96. The normalized spacial score (nSPS) is 18.9. The molecule has 102 valence electrons. The van der Waals surface area contributed by atoms with Crippen molar-refractivity contribution in [1.29, 1.82) is 0 Å². The van der Waals surface area contributed by atoms with Crippen LogP contribution < -0.4 is 15.8 Å². The van der Waals surface area contributed by atoms with Crippen LogP contribution in [0.1, 0.15) is 6.92 Å². The van der Waals surface area contributed by atoms with Crippen LogP contribution in [0, 0.1) is 0 Å². The van der Waals surface area contributed by atoms with Crippen molar-refractivity contribution in [3.63, 3.8) is 0 Å². The molecule has 2 amide bonds. The van der Waals surface area contributed by atoms with Gasteiger partial charge in [-0.15, -0.1) is 0 Å². The van der Waals surface area contributed by atoms with Gasteiger partial charge in [-0.2, -0.15) is 0 Å². The number of anilines is 1. The van der Waals surface area contributed by atoms with Crippen molar-refractivity contribution in [3.05, 3.63) is 24.3 Å². The number of rotatable bonds is 3. The van der Waals surface area contributed by atoms with Crippen LogP contribution in [-0.2, 0) is 9.59 Å². The molecule has 1 heterocycles. The van der Waals surface area contributed by atoms with Gasteiger partial charge in [-0.05, 0) is 19.1 Å². The Bertz CT molecular complexity index is 490. The Morgan fingerprint density at radius 1 is 1.53 bits per heavy atom. The van der Waals surface area contributed by atoms with Gasteiger partial charge in [0.05, 0.1) is 5.69 Å². The number of piperazine rings is 1. The molecule has 0 aliphatic carbocycles. The quantitative estimate of drug-likeness (QED) is 0.751. The number of hydrogen-bond acceptors (Lipinski definition) is 4. The van der Waals surface area contributed by atoms with Crippen molar-refractivity contribution < 1.29 is 14.3 Å². The zero-order valence-electron chi connectivity index (χ0n) is 10.8. The second kappa shape index (κ2) is 5.60. The number of para-hydroxylation sites is 2. The van der Waals surface area contributed by atoms with E-state index in [1.165, 1.54) is 4.90 Å². The molecule has 0 bridgehead atoms. The molecule has 1 aromatic carbocycles. The molecule has 0 radical (unpaired) electrons. The number of nitrogens with zero attached hydrogens (tertiary/aromatic N) is 1. The fourth-order valence-corrected chi connectivity index (χ4v) is 1.96. The minimum atomic E-state index is -0.460. The third kappa shape index (κ3) is 2.96. The molecule has 1 saturated heterocycles. The fraction of sp³-hybridized carbons (Fsp3) is 0.385. The lowest BCUT2D eigenvalue weighted by molar-refractivity contribution is -0.143. The Hall–Kier alpha value is -2.24. The molecule has 3 N–H and O–H groups in total. The number of nitrogens with one attached hydrogen (secondary N) is 1. The number of nitrogen functional groups attached to an aromatic ring is 1. The van der Waals surface area contributed by atoms with Crippen LogP contribution in [0.5, 0.6) is 5.75 Å². The first-order chi connectivity index (χ1) is 9.09. The lowest BCUT2D eigenvalue weighted by Gasteiger charge is -2.32. The largest absolute Gasteiger partial charge is 0.482 e. The van der Waals surface area contributed by atoms with E-state index < -0.39 is 6.04 Å². The standard InChI is InChI=1S/C13H17N3O3/c1-9-13(18)15-6-7-16(9)12(17)8-19-11-5-3-2-4-10(11)14/h2-5,9H,6-8,14H2,1H3,(H,15,18). The molecule has 1 fully saturated rings. The van der Waals surface area contributed by atoms with Crippen molar-refractivity contribution >= 4 is 17.5 Å². The van der Waals surface area contributed by atoms with Crippen LogP contribution >= 0.6 is 0 Å². The molecule has 6 heteroatoms. The zero-order valence-corrected chi connectivity index (χ0v) is 10.8. The number of amides is 2. The van der Waals surface area contributed by atoms with Crippen LogP contribution in [0.25, 0.3) is 0 Å². The van der Waals surface area contributed by atoms with Gasteiger partial charge < -0.3 is 20.7 Å². The maximum absolute atomic E-state index is 12.0. The molecule has 1 aromatic rings. The number of carbonyl (C=O) groups is 2. The topological polar surface area (TPSA) is 84.7 Å². The van der Waals surface area contributed by atoms with Gasteiger partial charge in [0.2, 0.25) is 5.91 Å². The molecule has 0 aromatic heterocycles. The lowest BCUT2D eigenvalue weighted by atomic mass is 10.2. The first kappa shape index (κ1) is 13.2. The third-order valence-corrected chi connectivity index (χ3v) is 3.09. The first-order valence-corrected chi connectivity index (χ1v) is 6.14. The van der Waals surface area contributed by atoms with Gasteiger partial charge in [0.25, 0.3) is 5.91 Å². The summed E-state index contributed by atoms with van der Waals surface area (Å²) in [7, 11) is 0. The summed E-state index contributed by atoms with van der Waals surface area (Å²) in [5.74, 6) is 0.120. The van der Waals surface area contributed by atoms with Crippen molar-refractivity contribution in [2.45, 2.75) is 13.0 Å². The average molecular weight is 263 g/mol. The van der Waals surface area contributed by atoms with Gasteiger partial charge in [0.1, 0.15) is 11.8 Å². The lowest BCUT2D eigenvalue weighted by Crippen LogP contribution is -2.56. The Morgan fingerprint density at radius 2 is 2.26 bits per heavy atom. The van der Waals surface area contributed by atoms with Gasteiger partial charge >= 0.3 is 0 Å². The van der Waals surface area contributed by atoms with Crippen LogP contribution in [-0.4, -0.2) is 42.5 Å². The Balaban J connectivity index is 1.94. The van der Waals surface area contributed by atoms with Crippen LogP contribution in [0.15, 0.2) is 24.3 Å². The van der Waals surface area contributed by atoms with E-state index in [2.05, 4.69) is 5.32 Å². The summed E-state index contributed by atoms with van der Waals surface area (Å²) in [6.45, 7) is 2.55. The van der Waals surface area contributed by atoms with Gasteiger partial charge in [0, 0.05) is 13.1 Å². The number of benzene rings is 1. The number of hydrogen-bond donors (Lipinski definition) is 2. The van der Waals surface area contributed by atoms with E-state index in [1.54, 1.807) is 31.2 Å². The Labute approximate surface area is 111 Å². The molecule has 0 saturated carbocycles. The maximum Gasteiger partial charge on any atom is 0.261 e. The van der Waals surface area contributed by atoms with E-state index in [-0.39, 0.29) is 18.4 Å².